The second-order valence-corrected chi connectivity index (χ2v) is 8.89. The fraction of sp³-hybridized carbons (Fsp3) is 0.478. The lowest BCUT2D eigenvalue weighted by molar-refractivity contribution is -0.140. The molecule has 3 rings (SSSR count). The van der Waals surface area contributed by atoms with Crippen LogP contribution < -0.4 is 11.1 Å². The molecule has 2 amide bonds. The Hall–Kier alpha value is -2.11. The molecule has 3 N–H and O–H groups in total. The highest BCUT2D eigenvalue weighted by atomic mass is 35.5. The van der Waals surface area contributed by atoms with Gasteiger partial charge in [0.15, 0.2) is 0 Å². The standard InChI is InChI=1S/C23H31N3O2.ClH/c1-23(2,3)14-21(27)26-12-6-9-20(26)22(28)25-19(15-24)18-11-10-16-7-4-5-8-17(16)13-18;/h4-5,7-8,10-11,13,19-20H,6,9,12,14-15,24H2,1-3H3,(H,25,28);1H. The minimum atomic E-state index is -0.399. The minimum absolute atomic E-state index is 0. The highest BCUT2D eigenvalue weighted by Gasteiger charge is 2.36. The van der Waals surface area contributed by atoms with Gasteiger partial charge in [0.2, 0.25) is 11.8 Å². The molecule has 158 valence electrons. The monoisotopic (exact) mass is 417 g/mol. The first kappa shape index (κ1) is 23.2. The summed E-state index contributed by atoms with van der Waals surface area (Å²) in [5.74, 6) is -0.0523. The topological polar surface area (TPSA) is 75.4 Å². The number of fused-ring (bicyclic) bond motifs is 1. The summed E-state index contributed by atoms with van der Waals surface area (Å²) < 4.78 is 0. The lowest BCUT2D eigenvalue weighted by atomic mass is 9.91. The Bertz CT molecular complexity index is 863. The molecule has 0 spiro atoms. The molecule has 2 atom stereocenters. The van der Waals surface area contributed by atoms with Crippen molar-refractivity contribution in [2.45, 2.75) is 52.1 Å². The summed E-state index contributed by atoms with van der Waals surface area (Å²) in [6.45, 7) is 7.09. The number of likely N-dealkylation sites (tertiary alicyclic amines) is 1. The van der Waals surface area contributed by atoms with Gasteiger partial charge in [0.05, 0.1) is 6.04 Å². The largest absolute Gasteiger partial charge is 0.346 e. The van der Waals surface area contributed by atoms with Gasteiger partial charge in [0, 0.05) is 19.5 Å². The van der Waals surface area contributed by atoms with Crippen LogP contribution in [0, 0.1) is 5.41 Å². The fourth-order valence-corrected chi connectivity index (χ4v) is 3.86. The zero-order valence-electron chi connectivity index (χ0n) is 17.5. The van der Waals surface area contributed by atoms with Gasteiger partial charge in [-0.3, -0.25) is 9.59 Å². The van der Waals surface area contributed by atoms with E-state index in [0.29, 0.717) is 25.9 Å². The summed E-state index contributed by atoms with van der Waals surface area (Å²) in [7, 11) is 0. The number of amides is 2. The Balaban J connectivity index is 0.00000300. The molecule has 6 heteroatoms. The molecule has 0 aliphatic carbocycles. The van der Waals surface area contributed by atoms with Crippen LogP contribution in [-0.4, -0.2) is 35.8 Å². The molecule has 2 aromatic carbocycles. The summed E-state index contributed by atoms with van der Waals surface area (Å²) >= 11 is 0. The van der Waals surface area contributed by atoms with Crippen molar-refractivity contribution in [3.05, 3.63) is 48.0 Å². The molecule has 0 radical (unpaired) electrons. The predicted molar refractivity (Wildman–Crippen MR) is 120 cm³/mol. The van der Waals surface area contributed by atoms with E-state index in [-0.39, 0.29) is 35.7 Å². The Morgan fingerprint density at radius 1 is 1.17 bits per heavy atom. The molecule has 1 saturated heterocycles. The lowest BCUT2D eigenvalue weighted by Crippen LogP contribution is -2.48. The normalized spacial score (nSPS) is 17.7. The average molecular weight is 418 g/mol. The summed E-state index contributed by atoms with van der Waals surface area (Å²) in [4.78, 5) is 27.4. The van der Waals surface area contributed by atoms with Crippen LogP contribution in [0.15, 0.2) is 42.5 Å². The Labute approximate surface area is 179 Å². The van der Waals surface area contributed by atoms with E-state index in [4.69, 9.17) is 5.73 Å². The SMILES string of the molecule is CC(C)(C)CC(=O)N1CCCC1C(=O)NC(CN)c1ccc2ccccc2c1.Cl. The number of halogens is 1. The summed E-state index contributed by atoms with van der Waals surface area (Å²) in [5.41, 5.74) is 6.87. The number of nitrogens with one attached hydrogen (secondary N) is 1. The number of hydrogen-bond donors (Lipinski definition) is 2. The van der Waals surface area contributed by atoms with Crippen molar-refractivity contribution in [3.8, 4) is 0 Å². The van der Waals surface area contributed by atoms with Crippen molar-refractivity contribution >= 4 is 35.0 Å². The van der Waals surface area contributed by atoms with Crippen LogP contribution in [0.3, 0.4) is 0 Å². The molecule has 0 aromatic heterocycles. The molecule has 1 aliphatic rings. The fourth-order valence-electron chi connectivity index (χ4n) is 3.86. The van der Waals surface area contributed by atoms with Gasteiger partial charge in [-0.25, -0.2) is 0 Å². The third kappa shape index (κ3) is 5.71. The number of carbonyl (C=O) groups excluding carboxylic acids is 2. The first-order chi connectivity index (χ1) is 13.3. The molecular formula is C23H32ClN3O2. The van der Waals surface area contributed by atoms with Crippen molar-refractivity contribution in [2.24, 2.45) is 11.1 Å². The molecule has 29 heavy (non-hydrogen) atoms. The maximum Gasteiger partial charge on any atom is 0.243 e. The van der Waals surface area contributed by atoms with Crippen LogP contribution in [0.1, 0.15) is 51.6 Å². The first-order valence-electron chi connectivity index (χ1n) is 10.1. The second kappa shape index (κ2) is 9.59. The van der Waals surface area contributed by atoms with Gasteiger partial charge >= 0.3 is 0 Å². The zero-order valence-corrected chi connectivity index (χ0v) is 18.3. The van der Waals surface area contributed by atoms with Crippen molar-refractivity contribution in [2.75, 3.05) is 13.1 Å². The number of nitrogens with two attached hydrogens (primary N) is 1. The first-order valence-corrected chi connectivity index (χ1v) is 10.1. The van der Waals surface area contributed by atoms with E-state index in [0.717, 1.165) is 22.8 Å². The quantitative estimate of drug-likeness (QED) is 0.776. The molecule has 2 aromatic rings. The maximum absolute atomic E-state index is 13.0. The van der Waals surface area contributed by atoms with E-state index in [9.17, 15) is 9.59 Å². The molecule has 0 saturated carbocycles. The van der Waals surface area contributed by atoms with Crippen molar-refractivity contribution in [3.63, 3.8) is 0 Å². The third-order valence-electron chi connectivity index (χ3n) is 5.29. The average Bonchev–Trinajstić information content (AvgIpc) is 3.14. The van der Waals surface area contributed by atoms with Crippen molar-refractivity contribution in [1.82, 2.24) is 10.2 Å². The van der Waals surface area contributed by atoms with Gasteiger partial charge in [0.1, 0.15) is 6.04 Å². The van der Waals surface area contributed by atoms with Crippen LogP contribution in [0.4, 0.5) is 0 Å². The van der Waals surface area contributed by atoms with Gasteiger partial charge in [-0.2, -0.15) is 0 Å². The van der Waals surface area contributed by atoms with Crippen LogP contribution in [0.5, 0.6) is 0 Å². The van der Waals surface area contributed by atoms with Crippen LogP contribution in [0.2, 0.25) is 0 Å². The zero-order chi connectivity index (χ0) is 20.3. The smallest absolute Gasteiger partial charge is 0.243 e. The van der Waals surface area contributed by atoms with Crippen LogP contribution >= 0.6 is 12.4 Å². The van der Waals surface area contributed by atoms with E-state index in [1.165, 1.54) is 0 Å². The molecule has 5 nitrogen and oxygen atoms in total. The van der Waals surface area contributed by atoms with E-state index >= 15 is 0 Å². The van der Waals surface area contributed by atoms with E-state index < -0.39 is 6.04 Å². The maximum atomic E-state index is 13.0. The van der Waals surface area contributed by atoms with Gasteiger partial charge in [-0.05, 0) is 40.7 Å². The van der Waals surface area contributed by atoms with Gasteiger partial charge in [0.25, 0.3) is 0 Å². The van der Waals surface area contributed by atoms with Crippen LogP contribution in [0.25, 0.3) is 10.8 Å². The van der Waals surface area contributed by atoms with Crippen molar-refractivity contribution in [1.29, 1.82) is 0 Å². The molecule has 1 fully saturated rings. The number of hydrogen-bond acceptors (Lipinski definition) is 3. The third-order valence-corrected chi connectivity index (χ3v) is 5.29. The van der Waals surface area contributed by atoms with Gasteiger partial charge in [-0.15, -0.1) is 12.4 Å². The highest BCUT2D eigenvalue weighted by Crippen LogP contribution is 2.26. The van der Waals surface area contributed by atoms with E-state index in [1.807, 2.05) is 45.0 Å². The Morgan fingerprint density at radius 3 is 2.52 bits per heavy atom. The molecule has 2 unspecified atom stereocenters. The molecule has 1 heterocycles. The van der Waals surface area contributed by atoms with Crippen LogP contribution in [-0.2, 0) is 9.59 Å². The number of nitrogens with zero attached hydrogens (tertiary/aromatic N) is 1. The predicted octanol–water partition coefficient (Wildman–Crippen LogP) is 3.80. The number of rotatable bonds is 5. The van der Waals surface area contributed by atoms with Gasteiger partial charge < -0.3 is 16.0 Å². The summed E-state index contributed by atoms with van der Waals surface area (Å²) in [6, 6.07) is 13.6. The number of carbonyl (C=O) groups is 2. The highest BCUT2D eigenvalue weighted by molar-refractivity contribution is 5.89. The lowest BCUT2D eigenvalue weighted by Gasteiger charge is -2.29. The molecular weight excluding hydrogens is 386 g/mol. The minimum Gasteiger partial charge on any atom is -0.346 e. The Kier molecular flexibility index (Phi) is 7.66. The van der Waals surface area contributed by atoms with Gasteiger partial charge in [-0.1, -0.05) is 57.2 Å². The summed E-state index contributed by atoms with van der Waals surface area (Å²) in [6.07, 6.45) is 2.01. The van der Waals surface area contributed by atoms with E-state index in [1.54, 1.807) is 4.90 Å². The molecule has 1 aliphatic heterocycles. The second-order valence-electron chi connectivity index (χ2n) is 8.89. The Morgan fingerprint density at radius 2 is 1.86 bits per heavy atom. The molecule has 0 bridgehead atoms. The van der Waals surface area contributed by atoms with E-state index in [2.05, 4.69) is 23.5 Å². The summed E-state index contributed by atoms with van der Waals surface area (Å²) in [5, 5.41) is 5.36. The number of benzene rings is 2. The van der Waals surface area contributed by atoms with Crippen molar-refractivity contribution < 1.29 is 9.59 Å².